The van der Waals surface area contributed by atoms with Gasteiger partial charge in [0.05, 0.1) is 52.0 Å². The molecule has 1 atom stereocenters. The monoisotopic (exact) mass is 579 g/mol. The Hall–Kier alpha value is -2.34. The molecule has 1 aromatic carbocycles. The topological polar surface area (TPSA) is 228 Å². The molecule has 2 aromatic rings. The quantitative estimate of drug-likeness (QED) is 0.0952. The highest BCUT2D eigenvalue weighted by molar-refractivity contribution is 7.99. The highest BCUT2D eigenvalue weighted by Crippen LogP contribution is 2.25. The molecule has 0 saturated carbocycles. The minimum atomic E-state index is -1.13. The SMILES string of the molecule is O=C(O)CC(CSc1nc2ccccc2o1)C(=O)O.OCCN(CCO)CCO.OCCN(CCO)CCO. The van der Waals surface area contributed by atoms with Crippen LogP contribution in [0, 0.1) is 5.92 Å². The van der Waals surface area contributed by atoms with Crippen molar-refractivity contribution in [1.82, 2.24) is 14.8 Å². The fourth-order valence-corrected chi connectivity index (χ4v) is 3.95. The van der Waals surface area contributed by atoms with Crippen molar-refractivity contribution in [2.45, 2.75) is 11.6 Å². The van der Waals surface area contributed by atoms with E-state index in [2.05, 4.69) is 4.98 Å². The van der Waals surface area contributed by atoms with Crippen molar-refractivity contribution < 1.29 is 54.9 Å². The predicted molar refractivity (Wildman–Crippen MR) is 144 cm³/mol. The number of oxazole rings is 1. The molecule has 0 spiro atoms. The number of carboxylic acids is 2. The molecule has 1 heterocycles. The number of para-hydroxylation sites is 2. The van der Waals surface area contributed by atoms with E-state index in [9.17, 15) is 9.59 Å². The first-order valence-electron chi connectivity index (χ1n) is 12.3. The Morgan fingerprint density at radius 2 is 1.21 bits per heavy atom. The first-order valence-corrected chi connectivity index (χ1v) is 13.3. The summed E-state index contributed by atoms with van der Waals surface area (Å²) in [7, 11) is 0. The Labute approximate surface area is 231 Å². The highest BCUT2D eigenvalue weighted by Gasteiger charge is 2.22. The normalized spacial score (nSPS) is 11.6. The Morgan fingerprint density at radius 1 is 0.769 bits per heavy atom. The lowest BCUT2D eigenvalue weighted by Gasteiger charge is -2.17. The zero-order valence-electron chi connectivity index (χ0n) is 21.8. The number of aliphatic hydroxyl groups excluding tert-OH is 6. The number of thioether (sulfide) groups is 1. The molecule has 0 saturated heterocycles. The van der Waals surface area contributed by atoms with E-state index in [1.807, 2.05) is 12.1 Å². The molecule has 8 N–H and O–H groups in total. The van der Waals surface area contributed by atoms with Gasteiger partial charge in [-0.05, 0) is 12.1 Å². The molecule has 2 rings (SSSR count). The molecule has 15 heteroatoms. The van der Waals surface area contributed by atoms with Crippen molar-refractivity contribution in [3.63, 3.8) is 0 Å². The van der Waals surface area contributed by atoms with Gasteiger partial charge in [0.15, 0.2) is 5.58 Å². The van der Waals surface area contributed by atoms with Gasteiger partial charge in [-0.1, -0.05) is 23.9 Å². The summed E-state index contributed by atoms with van der Waals surface area (Å²) in [4.78, 5) is 29.2. The number of aliphatic carboxylic acids is 2. The summed E-state index contributed by atoms with van der Waals surface area (Å²) in [5.74, 6) is -3.12. The number of carboxylic acid groups (broad SMARTS) is 2. The van der Waals surface area contributed by atoms with Gasteiger partial charge in [0.2, 0.25) is 0 Å². The zero-order chi connectivity index (χ0) is 29.5. The molecule has 0 bridgehead atoms. The van der Waals surface area contributed by atoms with Crippen molar-refractivity contribution in [2.24, 2.45) is 5.92 Å². The van der Waals surface area contributed by atoms with E-state index in [0.717, 1.165) is 11.8 Å². The van der Waals surface area contributed by atoms with Gasteiger partial charge in [-0.15, -0.1) is 0 Å². The van der Waals surface area contributed by atoms with Crippen molar-refractivity contribution >= 4 is 34.8 Å². The third-order valence-corrected chi connectivity index (χ3v) is 5.94. The van der Waals surface area contributed by atoms with Crippen LogP contribution in [-0.2, 0) is 9.59 Å². The summed E-state index contributed by atoms with van der Waals surface area (Å²) in [6, 6.07) is 7.18. The lowest BCUT2D eigenvalue weighted by molar-refractivity contribution is -0.147. The number of aromatic nitrogens is 1. The van der Waals surface area contributed by atoms with Gasteiger partial charge < -0.3 is 45.3 Å². The zero-order valence-corrected chi connectivity index (χ0v) is 22.7. The number of nitrogens with zero attached hydrogens (tertiary/aromatic N) is 3. The van der Waals surface area contributed by atoms with Crippen LogP contribution in [0.15, 0.2) is 33.9 Å². The van der Waals surface area contributed by atoms with Crippen LogP contribution in [0.25, 0.3) is 11.1 Å². The van der Waals surface area contributed by atoms with Crippen molar-refractivity contribution in [1.29, 1.82) is 0 Å². The smallest absolute Gasteiger partial charge is 0.307 e. The minimum absolute atomic E-state index is 0.0694. The van der Waals surface area contributed by atoms with Crippen LogP contribution in [0.4, 0.5) is 0 Å². The average molecular weight is 580 g/mol. The van der Waals surface area contributed by atoms with Gasteiger partial charge in [-0.2, -0.15) is 0 Å². The van der Waals surface area contributed by atoms with Crippen molar-refractivity contribution in [2.75, 3.05) is 84.7 Å². The highest BCUT2D eigenvalue weighted by atomic mass is 32.2. The van der Waals surface area contributed by atoms with E-state index in [4.69, 9.17) is 45.3 Å². The summed E-state index contributed by atoms with van der Waals surface area (Å²) < 4.78 is 5.41. The van der Waals surface area contributed by atoms with Crippen LogP contribution >= 0.6 is 11.8 Å². The van der Waals surface area contributed by atoms with Gasteiger partial charge >= 0.3 is 11.9 Å². The maximum absolute atomic E-state index is 10.9. The third-order valence-electron chi connectivity index (χ3n) is 4.95. The molecule has 39 heavy (non-hydrogen) atoms. The van der Waals surface area contributed by atoms with Crippen LogP contribution < -0.4 is 0 Å². The molecule has 14 nitrogen and oxygen atoms in total. The fraction of sp³-hybridized carbons (Fsp3) is 0.625. The molecular formula is C24H41N3O11S. The van der Waals surface area contributed by atoms with Crippen molar-refractivity contribution in [3.05, 3.63) is 24.3 Å². The van der Waals surface area contributed by atoms with Crippen LogP contribution in [0.3, 0.4) is 0 Å². The molecule has 0 fully saturated rings. The number of carbonyl (C=O) groups is 2. The number of fused-ring (bicyclic) bond motifs is 1. The maximum Gasteiger partial charge on any atom is 0.307 e. The largest absolute Gasteiger partial charge is 0.481 e. The van der Waals surface area contributed by atoms with E-state index in [-0.39, 0.29) is 45.4 Å². The number of hydrogen-bond acceptors (Lipinski definition) is 13. The fourth-order valence-electron chi connectivity index (χ4n) is 3.03. The number of benzene rings is 1. The molecule has 224 valence electrons. The van der Waals surface area contributed by atoms with E-state index >= 15 is 0 Å². The van der Waals surface area contributed by atoms with E-state index < -0.39 is 24.3 Å². The Bertz CT molecular complexity index is 824. The lowest BCUT2D eigenvalue weighted by atomic mass is 10.1. The third kappa shape index (κ3) is 17.8. The minimum Gasteiger partial charge on any atom is -0.481 e. The lowest BCUT2D eigenvalue weighted by Crippen LogP contribution is -2.32. The van der Waals surface area contributed by atoms with Crippen LogP contribution in [0.1, 0.15) is 6.42 Å². The molecule has 1 aromatic heterocycles. The van der Waals surface area contributed by atoms with E-state index in [1.54, 1.807) is 21.9 Å². The molecule has 0 amide bonds. The second kappa shape index (κ2) is 23.5. The van der Waals surface area contributed by atoms with Crippen LogP contribution in [0.2, 0.25) is 0 Å². The second-order valence-electron chi connectivity index (χ2n) is 7.92. The summed E-state index contributed by atoms with van der Waals surface area (Å²) in [6.45, 7) is 3.51. The van der Waals surface area contributed by atoms with E-state index in [0.29, 0.717) is 55.6 Å². The molecular weight excluding hydrogens is 538 g/mol. The van der Waals surface area contributed by atoms with Gasteiger partial charge in [-0.25, -0.2) is 4.98 Å². The Kier molecular flexibility index (Phi) is 22.1. The molecule has 0 aliphatic rings. The number of rotatable bonds is 18. The van der Waals surface area contributed by atoms with Crippen LogP contribution in [0.5, 0.6) is 0 Å². The molecule has 0 aliphatic carbocycles. The number of hydrogen-bond donors (Lipinski definition) is 8. The first-order chi connectivity index (χ1) is 18.8. The summed E-state index contributed by atoms with van der Waals surface area (Å²) >= 11 is 1.10. The maximum atomic E-state index is 10.9. The molecule has 1 unspecified atom stereocenters. The second-order valence-corrected chi connectivity index (χ2v) is 8.89. The van der Waals surface area contributed by atoms with Crippen molar-refractivity contribution in [3.8, 4) is 0 Å². The standard InChI is InChI=1S/C12H11NO5S.2C6H15NO3/c14-10(15)5-7(11(16)17)6-19-12-13-8-3-1-2-4-9(8)18-12;2*8-4-1-7(2-5-9)3-6-10/h1-4,7H,5-6H2,(H,14,15)(H,16,17);2*8-10H,1-6H2. The van der Waals surface area contributed by atoms with Gasteiger partial charge in [0.25, 0.3) is 5.22 Å². The molecule has 0 aliphatic heterocycles. The van der Waals surface area contributed by atoms with Crippen LogP contribution in [-0.4, -0.2) is 152 Å². The molecule has 0 radical (unpaired) electrons. The predicted octanol–water partition coefficient (Wildman–Crippen LogP) is -1.37. The Morgan fingerprint density at radius 3 is 1.56 bits per heavy atom. The summed E-state index contributed by atoms with van der Waals surface area (Å²) in [6.07, 6.45) is -0.414. The van der Waals surface area contributed by atoms with E-state index in [1.165, 1.54) is 0 Å². The summed E-state index contributed by atoms with van der Waals surface area (Å²) in [5.41, 5.74) is 1.31. The van der Waals surface area contributed by atoms with Gasteiger partial charge in [0, 0.05) is 45.0 Å². The Balaban J connectivity index is 0.000000616. The average Bonchev–Trinajstić information content (AvgIpc) is 3.31. The number of aliphatic hydroxyl groups is 6. The summed E-state index contributed by atoms with van der Waals surface area (Å²) in [5, 5.41) is 68.8. The van der Waals surface area contributed by atoms with Gasteiger partial charge in [0.1, 0.15) is 5.52 Å². The van der Waals surface area contributed by atoms with Gasteiger partial charge in [-0.3, -0.25) is 19.4 Å². The first kappa shape index (κ1) is 36.7.